The first kappa shape index (κ1) is 21.5. The summed E-state index contributed by atoms with van der Waals surface area (Å²) in [6.45, 7) is 6.34. The second-order valence-electron chi connectivity index (χ2n) is 7.82. The number of benzene rings is 3. The molecule has 0 bridgehead atoms. The Hall–Kier alpha value is -4.32. The van der Waals surface area contributed by atoms with Crippen molar-refractivity contribution >= 4 is 22.6 Å². The van der Waals surface area contributed by atoms with Crippen molar-refractivity contribution in [3.05, 3.63) is 113 Å². The highest BCUT2D eigenvalue weighted by Gasteiger charge is 2.43. The summed E-state index contributed by atoms with van der Waals surface area (Å²) in [7, 11) is 0. The van der Waals surface area contributed by atoms with Crippen molar-refractivity contribution in [2.75, 3.05) is 18.1 Å². The Morgan fingerprint density at radius 1 is 0.971 bits per heavy atom. The molecule has 0 fully saturated rings. The minimum atomic E-state index is -0.682. The predicted octanol–water partition coefficient (Wildman–Crippen LogP) is 5.51. The van der Waals surface area contributed by atoms with E-state index >= 15 is 0 Å². The summed E-state index contributed by atoms with van der Waals surface area (Å²) in [5.74, 6) is 0.786. The van der Waals surface area contributed by atoms with Crippen molar-refractivity contribution in [1.82, 2.24) is 0 Å². The van der Waals surface area contributed by atoms with Gasteiger partial charge in [0.2, 0.25) is 5.76 Å². The molecule has 0 radical (unpaired) electrons. The van der Waals surface area contributed by atoms with Crippen LogP contribution in [-0.2, 0) is 0 Å². The van der Waals surface area contributed by atoms with Crippen LogP contribution >= 0.6 is 0 Å². The van der Waals surface area contributed by atoms with Crippen LogP contribution in [0.4, 0.5) is 5.69 Å². The number of amides is 1. The van der Waals surface area contributed by atoms with E-state index in [-0.39, 0.29) is 17.1 Å². The fourth-order valence-electron chi connectivity index (χ4n) is 4.32. The molecule has 0 aliphatic carbocycles. The molecule has 170 valence electrons. The second kappa shape index (κ2) is 8.90. The van der Waals surface area contributed by atoms with Gasteiger partial charge in [0.1, 0.15) is 12.2 Å². The summed E-state index contributed by atoms with van der Waals surface area (Å²) in [6.07, 6.45) is 1.66. The molecule has 34 heavy (non-hydrogen) atoms. The summed E-state index contributed by atoms with van der Waals surface area (Å²) in [4.78, 5) is 28.9. The molecule has 0 spiro atoms. The first-order valence-corrected chi connectivity index (χ1v) is 11.1. The molecule has 1 aromatic heterocycles. The van der Waals surface area contributed by atoms with Gasteiger partial charge in [-0.2, -0.15) is 0 Å². The lowest BCUT2D eigenvalue weighted by molar-refractivity contribution is 0.0971. The monoisotopic (exact) mass is 453 g/mol. The van der Waals surface area contributed by atoms with E-state index < -0.39 is 6.04 Å². The zero-order chi connectivity index (χ0) is 23.7. The van der Waals surface area contributed by atoms with E-state index in [9.17, 15) is 9.59 Å². The van der Waals surface area contributed by atoms with E-state index in [2.05, 4.69) is 6.58 Å². The van der Waals surface area contributed by atoms with Crippen LogP contribution in [0.3, 0.4) is 0 Å². The van der Waals surface area contributed by atoms with Crippen LogP contribution in [0.5, 0.6) is 11.5 Å². The highest BCUT2D eigenvalue weighted by atomic mass is 16.5. The number of anilines is 1. The first-order valence-electron chi connectivity index (χ1n) is 11.1. The number of carbonyl (C=O) groups excluding carboxylic acids is 1. The van der Waals surface area contributed by atoms with Gasteiger partial charge in [-0.05, 0) is 48.9 Å². The number of para-hydroxylation sites is 2. The van der Waals surface area contributed by atoms with Gasteiger partial charge in [0, 0.05) is 5.69 Å². The number of fused-ring (bicyclic) bond motifs is 2. The molecule has 1 amide bonds. The highest BCUT2D eigenvalue weighted by Crippen LogP contribution is 2.43. The van der Waals surface area contributed by atoms with Gasteiger partial charge >= 0.3 is 0 Å². The third-order valence-electron chi connectivity index (χ3n) is 5.75. The molecule has 6 heteroatoms. The third kappa shape index (κ3) is 3.53. The first-order chi connectivity index (χ1) is 16.6. The number of ether oxygens (including phenoxy) is 2. The van der Waals surface area contributed by atoms with E-state index in [1.165, 1.54) is 0 Å². The molecule has 0 saturated carbocycles. The van der Waals surface area contributed by atoms with Gasteiger partial charge in [0.15, 0.2) is 16.9 Å². The van der Waals surface area contributed by atoms with Gasteiger partial charge in [-0.15, -0.1) is 0 Å². The Labute approximate surface area is 196 Å². The Morgan fingerprint density at radius 2 is 1.74 bits per heavy atom. The maximum absolute atomic E-state index is 13.6. The lowest BCUT2D eigenvalue weighted by atomic mass is 9.97. The third-order valence-corrected chi connectivity index (χ3v) is 5.75. The minimum Gasteiger partial charge on any atom is -0.490 e. The van der Waals surface area contributed by atoms with Crippen molar-refractivity contribution in [3.63, 3.8) is 0 Å². The smallest absolute Gasteiger partial charge is 0.295 e. The molecule has 4 aromatic rings. The number of hydrogen-bond acceptors (Lipinski definition) is 5. The highest BCUT2D eigenvalue weighted by molar-refractivity contribution is 6.10. The van der Waals surface area contributed by atoms with Crippen LogP contribution in [0.25, 0.3) is 11.0 Å². The predicted molar refractivity (Wildman–Crippen MR) is 131 cm³/mol. The van der Waals surface area contributed by atoms with Crippen molar-refractivity contribution in [2.24, 2.45) is 0 Å². The summed E-state index contributed by atoms with van der Waals surface area (Å²) >= 11 is 0. The molecule has 1 unspecified atom stereocenters. The Balaban J connectivity index is 1.74. The van der Waals surface area contributed by atoms with Crippen molar-refractivity contribution in [1.29, 1.82) is 0 Å². The Morgan fingerprint density at radius 3 is 2.50 bits per heavy atom. The van der Waals surface area contributed by atoms with E-state index in [1.807, 2.05) is 49.4 Å². The van der Waals surface area contributed by atoms with Crippen molar-refractivity contribution in [3.8, 4) is 11.5 Å². The molecule has 2 heterocycles. The van der Waals surface area contributed by atoms with E-state index in [0.29, 0.717) is 52.5 Å². The normalized spacial score (nSPS) is 14.8. The van der Waals surface area contributed by atoms with E-state index in [1.54, 1.807) is 41.3 Å². The van der Waals surface area contributed by atoms with Crippen LogP contribution in [-0.4, -0.2) is 19.1 Å². The van der Waals surface area contributed by atoms with Crippen LogP contribution in [0.2, 0.25) is 0 Å². The molecule has 6 nitrogen and oxygen atoms in total. The summed E-state index contributed by atoms with van der Waals surface area (Å²) in [5, 5.41) is 0.435. The molecular weight excluding hydrogens is 430 g/mol. The van der Waals surface area contributed by atoms with Crippen LogP contribution in [0.1, 0.15) is 34.6 Å². The van der Waals surface area contributed by atoms with Gasteiger partial charge < -0.3 is 13.9 Å². The van der Waals surface area contributed by atoms with Gasteiger partial charge in [-0.25, -0.2) is 0 Å². The molecule has 5 rings (SSSR count). The molecule has 0 N–H and O–H groups in total. The SMILES string of the molecule is C=CCOc1ccc(C2c3c(oc4ccccc4c3=O)C(=O)N2c2ccccc2)cc1OCC. The molecule has 3 aromatic carbocycles. The van der Waals surface area contributed by atoms with Crippen molar-refractivity contribution in [2.45, 2.75) is 13.0 Å². The number of hydrogen-bond donors (Lipinski definition) is 0. The van der Waals surface area contributed by atoms with E-state index in [4.69, 9.17) is 13.9 Å². The van der Waals surface area contributed by atoms with E-state index in [0.717, 1.165) is 0 Å². The summed E-state index contributed by atoms with van der Waals surface area (Å²) < 4.78 is 17.6. The summed E-state index contributed by atoms with van der Waals surface area (Å²) in [5.41, 5.74) is 1.86. The van der Waals surface area contributed by atoms with Gasteiger partial charge in [-0.3, -0.25) is 14.5 Å². The molecule has 0 saturated heterocycles. The van der Waals surface area contributed by atoms with Crippen LogP contribution in [0.15, 0.2) is 94.7 Å². The maximum atomic E-state index is 13.6. The number of nitrogens with zero attached hydrogens (tertiary/aromatic N) is 1. The van der Waals surface area contributed by atoms with Crippen molar-refractivity contribution < 1.29 is 18.7 Å². The fourth-order valence-corrected chi connectivity index (χ4v) is 4.32. The Bertz CT molecular complexity index is 1440. The quantitative estimate of drug-likeness (QED) is 0.345. The zero-order valence-electron chi connectivity index (χ0n) is 18.7. The molecular formula is C28H23NO5. The molecule has 1 atom stereocenters. The lowest BCUT2D eigenvalue weighted by Crippen LogP contribution is -2.29. The Kier molecular flexibility index (Phi) is 5.64. The number of rotatable bonds is 7. The summed E-state index contributed by atoms with van der Waals surface area (Å²) in [6, 6.07) is 21.0. The minimum absolute atomic E-state index is 0.0579. The second-order valence-corrected chi connectivity index (χ2v) is 7.82. The van der Waals surface area contributed by atoms with Gasteiger partial charge in [0.05, 0.1) is 23.6 Å². The average Bonchev–Trinajstić information content (AvgIpc) is 3.16. The number of carbonyl (C=O) groups is 1. The lowest BCUT2D eigenvalue weighted by Gasteiger charge is -2.26. The maximum Gasteiger partial charge on any atom is 0.295 e. The molecule has 1 aliphatic heterocycles. The van der Waals surface area contributed by atoms with Crippen LogP contribution in [0, 0.1) is 0 Å². The largest absolute Gasteiger partial charge is 0.490 e. The van der Waals surface area contributed by atoms with Gasteiger partial charge in [-0.1, -0.05) is 49.1 Å². The standard InChI is InChI=1S/C28H23NO5/c1-3-16-33-22-15-14-18(17-23(22)32-4-2)25-24-26(30)20-12-8-9-13-21(20)34-27(24)28(31)29(25)19-10-6-5-7-11-19/h3,5-15,17,25H,1,4,16H2,2H3. The zero-order valence-corrected chi connectivity index (χ0v) is 18.7. The van der Waals surface area contributed by atoms with Crippen LogP contribution < -0.4 is 19.8 Å². The van der Waals surface area contributed by atoms with Gasteiger partial charge in [0.25, 0.3) is 5.91 Å². The average molecular weight is 453 g/mol. The molecule has 1 aliphatic rings. The topological polar surface area (TPSA) is 69.0 Å². The fraction of sp³-hybridized carbons (Fsp3) is 0.143.